The summed E-state index contributed by atoms with van der Waals surface area (Å²) < 4.78 is 0.987. The molecule has 0 aliphatic rings. The van der Waals surface area contributed by atoms with Crippen molar-refractivity contribution in [2.75, 3.05) is 32.9 Å². The fraction of sp³-hybridized carbons (Fsp3) is 0.286. The predicted molar refractivity (Wildman–Crippen MR) is 85.7 cm³/mol. The van der Waals surface area contributed by atoms with E-state index < -0.39 is 0 Å². The van der Waals surface area contributed by atoms with Gasteiger partial charge >= 0.3 is 6.03 Å². The summed E-state index contributed by atoms with van der Waals surface area (Å²) in [6.07, 6.45) is 0. The second-order valence-electron chi connectivity index (χ2n) is 4.72. The number of hydrogen-bond acceptors (Lipinski definition) is 4. The minimum absolute atomic E-state index is 0.189. The molecule has 3 amide bonds. The van der Waals surface area contributed by atoms with Crippen LogP contribution < -0.4 is 16.4 Å². The predicted octanol–water partition coefficient (Wildman–Crippen LogP) is 1.48. The van der Waals surface area contributed by atoms with E-state index in [2.05, 4.69) is 10.6 Å². The van der Waals surface area contributed by atoms with Gasteiger partial charge in [0.15, 0.2) is 0 Å². The number of nitrogens with zero attached hydrogens (tertiary/aromatic N) is 1. The van der Waals surface area contributed by atoms with Gasteiger partial charge in [-0.15, -0.1) is 11.3 Å². The maximum Gasteiger partial charge on any atom is 0.316 e. The number of rotatable bonds is 4. The van der Waals surface area contributed by atoms with E-state index in [-0.39, 0.29) is 11.9 Å². The molecule has 4 N–H and O–H groups in total. The van der Waals surface area contributed by atoms with Gasteiger partial charge < -0.3 is 21.3 Å². The van der Waals surface area contributed by atoms with E-state index in [1.54, 1.807) is 14.1 Å². The maximum atomic E-state index is 12.1. The molecule has 2 aromatic rings. The minimum Gasteiger partial charge on any atom is -0.397 e. The van der Waals surface area contributed by atoms with E-state index in [4.69, 9.17) is 5.73 Å². The molecule has 1 aromatic heterocycles. The summed E-state index contributed by atoms with van der Waals surface area (Å²) in [4.78, 5) is 25.4. The smallest absolute Gasteiger partial charge is 0.316 e. The molecule has 1 heterocycles. The Balaban J connectivity index is 1.94. The average molecular weight is 306 g/mol. The molecule has 0 bridgehead atoms. The van der Waals surface area contributed by atoms with Crippen LogP contribution in [0.4, 0.5) is 10.5 Å². The largest absolute Gasteiger partial charge is 0.397 e. The topological polar surface area (TPSA) is 87.5 Å². The summed E-state index contributed by atoms with van der Waals surface area (Å²) in [5.41, 5.74) is 6.51. The van der Waals surface area contributed by atoms with E-state index in [9.17, 15) is 9.59 Å². The lowest BCUT2D eigenvalue weighted by molar-refractivity contribution is 0.0958. The summed E-state index contributed by atoms with van der Waals surface area (Å²) in [5, 5.41) is 6.32. The monoisotopic (exact) mass is 306 g/mol. The number of carbonyl (C=O) groups is 2. The van der Waals surface area contributed by atoms with Crippen molar-refractivity contribution in [3.8, 4) is 0 Å². The van der Waals surface area contributed by atoms with Crippen LogP contribution in [0.2, 0.25) is 0 Å². The van der Waals surface area contributed by atoms with Crippen LogP contribution in [0, 0.1) is 0 Å². The Morgan fingerprint density at radius 2 is 1.86 bits per heavy atom. The Kier molecular flexibility index (Phi) is 4.64. The zero-order chi connectivity index (χ0) is 15.4. The van der Waals surface area contributed by atoms with Crippen LogP contribution in [0.1, 0.15) is 9.67 Å². The summed E-state index contributed by atoms with van der Waals surface area (Å²) in [6.45, 7) is 0.722. The number of urea groups is 1. The van der Waals surface area contributed by atoms with E-state index in [1.165, 1.54) is 16.2 Å². The van der Waals surface area contributed by atoms with Crippen molar-refractivity contribution in [2.45, 2.75) is 0 Å². The minimum atomic E-state index is -0.215. The molecular formula is C14H18N4O2S. The van der Waals surface area contributed by atoms with Crippen molar-refractivity contribution in [3.63, 3.8) is 0 Å². The van der Waals surface area contributed by atoms with Gasteiger partial charge in [-0.05, 0) is 6.07 Å². The van der Waals surface area contributed by atoms with Gasteiger partial charge in [-0.25, -0.2) is 4.79 Å². The zero-order valence-electron chi connectivity index (χ0n) is 12.0. The van der Waals surface area contributed by atoms with Crippen LogP contribution in [0.15, 0.2) is 24.3 Å². The average Bonchev–Trinajstić information content (AvgIpc) is 2.81. The molecule has 6 nitrogen and oxygen atoms in total. The highest BCUT2D eigenvalue weighted by Crippen LogP contribution is 2.33. The first-order valence-electron chi connectivity index (χ1n) is 6.51. The first-order valence-corrected chi connectivity index (χ1v) is 7.32. The number of hydrogen-bond donors (Lipinski definition) is 3. The van der Waals surface area contributed by atoms with Gasteiger partial charge in [-0.2, -0.15) is 0 Å². The third-order valence-corrected chi connectivity index (χ3v) is 4.12. The second kappa shape index (κ2) is 6.45. The van der Waals surface area contributed by atoms with Crippen LogP contribution >= 0.6 is 11.3 Å². The van der Waals surface area contributed by atoms with Gasteiger partial charge in [0, 0.05) is 37.3 Å². The number of nitrogens with one attached hydrogen (secondary N) is 2. The van der Waals surface area contributed by atoms with Gasteiger partial charge in [-0.3, -0.25) is 4.79 Å². The molecule has 7 heteroatoms. The van der Waals surface area contributed by atoms with Crippen molar-refractivity contribution in [1.82, 2.24) is 15.5 Å². The van der Waals surface area contributed by atoms with Gasteiger partial charge in [-0.1, -0.05) is 18.2 Å². The fourth-order valence-electron chi connectivity index (χ4n) is 1.82. The van der Waals surface area contributed by atoms with E-state index >= 15 is 0 Å². The number of anilines is 1. The number of nitrogen functional groups attached to an aromatic ring is 1. The van der Waals surface area contributed by atoms with Crippen molar-refractivity contribution < 1.29 is 9.59 Å². The molecule has 0 atom stereocenters. The Labute approximate surface area is 126 Å². The standard InChI is InChI=1S/C14H18N4O2S/c1-18(2)14(20)17-8-7-16-13(19)12-11(15)9-5-3-4-6-10(9)21-12/h3-6H,7-8,15H2,1-2H3,(H,16,19)(H,17,20). The lowest BCUT2D eigenvalue weighted by atomic mass is 10.2. The summed E-state index contributed by atoms with van der Waals surface area (Å²) in [5.74, 6) is -0.215. The summed E-state index contributed by atoms with van der Waals surface area (Å²) in [6, 6.07) is 7.45. The van der Waals surface area contributed by atoms with Crippen molar-refractivity contribution in [2.24, 2.45) is 0 Å². The molecule has 0 saturated heterocycles. The summed E-state index contributed by atoms with van der Waals surface area (Å²) in [7, 11) is 3.32. The van der Waals surface area contributed by atoms with Crippen molar-refractivity contribution in [1.29, 1.82) is 0 Å². The first-order chi connectivity index (χ1) is 10.0. The highest BCUT2D eigenvalue weighted by Gasteiger charge is 2.15. The van der Waals surface area contributed by atoms with Gasteiger partial charge in [0.05, 0.1) is 5.69 Å². The molecule has 21 heavy (non-hydrogen) atoms. The first kappa shape index (κ1) is 15.1. The number of benzene rings is 1. The highest BCUT2D eigenvalue weighted by molar-refractivity contribution is 7.21. The molecular weight excluding hydrogens is 288 g/mol. The Morgan fingerprint density at radius 1 is 1.19 bits per heavy atom. The molecule has 2 rings (SSSR count). The van der Waals surface area contributed by atoms with Crippen LogP contribution in [0.5, 0.6) is 0 Å². The lowest BCUT2D eigenvalue weighted by Gasteiger charge is -2.12. The number of amides is 3. The molecule has 112 valence electrons. The van der Waals surface area contributed by atoms with Crippen molar-refractivity contribution in [3.05, 3.63) is 29.1 Å². The number of carbonyl (C=O) groups excluding carboxylic acids is 2. The third kappa shape index (κ3) is 3.43. The van der Waals surface area contributed by atoms with E-state index in [0.29, 0.717) is 23.7 Å². The number of nitrogens with two attached hydrogens (primary N) is 1. The number of thiophene rings is 1. The van der Waals surface area contributed by atoms with E-state index in [1.807, 2.05) is 24.3 Å². The summed E-state index contributed by atoms with van der Waals surface area (Å²) >= 11 is 1.37. The molecule has 0 unspecified atom stereocenters. The third-order valence-electron chi connectivity index (χ3n) is 2.93. The SMILES string of the molecule is CN(C)C(=O)NCCNC(=O)c1sc2ccccc2c1N. The quantitative estimate of drug-likeness (QED) is 0.748. The molecule has 0 aliphatic heterocycles. The normalized spacial score (nSPS) is 10.4. The number of fused-ring (bicyclic) bond motifs is 1. The van der Waals surface area contributed by atoms with Gasteiger partial charge in [0.1, 0.15) is 4.88 Å². The zero-order valence-corrected chi connectivity index (χ0v) is 12.8. The highest BCUT2D eigenvalue weighted by atomic mass is 32.1. The fourth-order valence-corrected chi connectivity index (χ4v) is 2.86. The molecule has 0 spiro atoms. The lowest BCUT2D eigenvalue weighted by Crippen LogP contribution is -2.39. The molecule has 0 saturated carbocycles. The molecule has 0 radical (unpaired) electrons. The Hall–Kier alpha value is -2.28. The van der Waals surface area contributed by atoms with Crippen molar-refractivity contribution >= 4 is 39.0 Å². The van der Waals surface area contributed by atoms with Crippen LogP contribution in [-0.4, -0.2) is 44.0 Å². The second-order valence-corrected chi connectivity index (χ2v) is 5.78. The van der Waals surface area contributed by atoms with Gasteiger partial charge in [0.2, 0.25) is 0 Å². The van der Waals surface area contributed by atoms with E-state index in [0.717, 1.165) is 10.1 Å². The molecule has 1 aromatic carbocycles. The van der Waals surface area contributed by atoms with Crippen LogP contribution in [-0.2, 0) is 0 Å². The van der Waals surface area contributed by atoms with Crippen LogP contribution in [0.3, 0.4) is 0 Å². The van der Waals surface area contributed by atoms with Crippen LogP contribution in [0.25, 0.3) is 10.1 Å². The molecule has 0 fully saturated rings. The molecule has 0 aliphatic carbocycles. The maximum absolute atomic E-state index is 12.1. The Morgan fingerprint density at radius 3 is 2.52 bits per heavy atom. The Bertz CT molecular complexity index is 666. The van der Waals surface area contributed by atoms with Gasteiger partial charge in [0.25, 0.3) is 5.91 Å².